The van der Waals surface area contributed by atoms with E-state index < -0.39 is 0 Å². The van der Waals surface area contributed by atoms with Crippen LogP contribution in [0.25, 0.3) is 0 Å². The second kappa shape index (κ2) is 8.93. The van der Waals surface area contributed by atoms with E-state index in [4.69, 9.17) is 14.0 Å². The molecule has 0 radical (unpaired) electrons. The normalized spacial score (nSPS) is 10.7. The lowest BCUT2D eigenvalue weighted by Crippen LogP contribution is -2.31. The molecule has 1 aromatic carbocycles. The second-order valence-corrected chi connectivity index (χ2v) is 7.40. The molecule has 0 fully saturated rings. The summed E-state index contributed by atoms with van der Waals surface area (Å²) in [6.45, 7) is 7.01. The third-order valence-corrected chi connectivity index (χ3v) is 5.32. The average molecular weight is 401 g/mol. The van der Waals surface area contributed by atoms with Crippen LogP contribution in [-0.2, 0) is 13.2 Å². The minimum atomic E-state index is -0.0873. The number of hydrogen-bond acceptors (Lipinski definition) is 6. The van der Waals surface area contributed by atoms with E-state index in [0.717, 1.165) is 10.4 Å². The molecule has 1 amide bonds. The molecule has 0 atom stereocenters. The predicted molar refractivity (Wildman–Crippen MR) is 108 cm³/mol. The van der Waals surface area contributed by atoms with Gasteiger partial charge in [-0.3, -0.25) is 4.79 Å². The van der Waals surface area contributed by atoms with Gasteiger partial charge in [0.2, 0.25) is 0 Å². The Labute approximate surface area is 168 Å². The Morgan fingerprint density at radius 1 is 1.25 bits per heavy atom. The highest BCUT2D eigenvalue weighted by Crippen LogP contribution is 2.30. The molecule has 0 aliphatic rings. The SMILES string of the molecule is CCN(Cc1ccc(OCc2cccs2)c(OC)c1)C(=O)c1c(C)noc1C. The van der Waals surface area contributed by atoms with E-state index in [1.807, 2.05) is 42.6 Å². The summed E-state index contributed by atoms with van der Waals surface area (Å²) in [6.07, 6.45) is 0. The molecule has 0 saturated carbocycles. The fourth-order valence-corrected chi connectivity index (χ4v) is 3.58. The van der Waals surface area contributed by atoms with Crippen LogP contribution >= 0.6 is 11.3 Å². The fourth-order valence-electron chi connectivity index (χ4n) is 2.97. The van der Waals surface area contributed by atoms with Crippen molar-refractivity contribution in [3.05, 3.63) is 63.2 Å². The van der Waals surface area contributed by atoms with Crippen LogP contribution in [0.4, 0.5) is 0 Å². The van der Waals surface area contributed by atoms with Crippen molar-refractivity contribution in [3.8, 4) is 11.5 Å². The quantitative estimate of drug-likeness (QED) is 0.553. The molecule has 2 aromatic heterocycles. The van der Waals surface area contributed by atoms with Crippen molar-refractivity contribution in [2.75, 3.05) is 13.7 Å². The minimum absolute atomic E-state index is 0.0873. The molecule has 3 rings (SSSR count). The number of thiophene rings is 1. The summed E-state index contributed by atoms with van der Waals surface area (Å²) in [7, 11) is 1.61. The molecule has 3 aromatic rings. The minimum Gasteiger partial charge on any atom is -0.493 e. The van der Waals surface area contributed by atoms with Gasteiger partial charge in [-0.15, -0.1) is 11.3 Å². The second-order valence-electron chi connectivity index (χ2n) is 6.37. The summed E-state index contributed by atoms with van der Waals surface area (Å²) < 4.78 is 16.5. The van der Waals surface area contributed by atoms with E-state index in [2.05, 4.69) is 5.16 Å². The molecule has 0 aliphatic heterocycles. The van der Waals surface area contributed by atoms with E-state index in [1.54, 1.807) is 37.2 Å². The first-order chi connectivity index (χ1) is 13.5. The van der Waals surface area contributed by atoms with Gasteiger partial charge < -0.3 is 18.9 Å². The largest absolute Gasteiger partial charge is 0.493 e. The van der Waals surface area contributed by atoms with Crippen LogP contribution in [0.5, 0.6) is 11.5 Å². The Morgan fingerprint density at radius 3 is 2.68 bits per heavy atom. The average Bonchev–Trinajstić information content (AvgIpc) is 3.34. The summed E-state index contributed by atoms with van der Waals surface area (Å²) in [5.41, 5.74) is 2.10. The molecule has 6 nitrogen and oxygen atoms in total. The van der Waals surface area contributed by atoms with Crippen LogP contribution in [0.3, 0.4) is 0 Å². The van der Waals surface area contributed by atoms with Crippen molar-refractivity contribution in [3.63, 3.8) is 0 Å². The maximum absolute atomic E-state index is 12.9. The van der Waals surface area contributed by atoms with Crippen LogP contribution in [-0.4, -0.2) is 29.6 Å². The number of carbonyl (C=O) groups is 1. The van der Waals surface area contributed by atoms with E-state index in [-0.39, 0.29) is 5.91 Å². The third kappa shape index (κ3) is 4.36. The van der Waals surface area contributed by atoms with Gasteiger partial charge in [-0.1, -0.05) is 17.3 Å². The molecule has 28 heavy (non-hydrogen) atoms. The number of methoxy groups -OCH3 is 1. The molecular formula is C21H24N2O4S. The first-order valence-electron chi connectivity index (χ1n) is 9.07. The number of ether oxygens (including phenoxy) is 2. The standard InChI is InChI=1S/C21H24N2O4S/c1-5-23(21(24)20-14(2)22-27-15(20)3)12-16-8-9-18(19(11-16)25-4)26-13-17-7-6-10-28-17/h6-11H,5,12-13H2,1-4H3. The molecule has 0 saturated heterocycles. The maximum Gasteiger partial charge on any atom is 0.259 e. The van der Waals surface area contributed by atoms with Crippen LogP contribution in [0, 0.1) is 13.8 Å². The monoisotopic (exact) mass is 400 g/mol. The van der Waals surface area contributed by atoms with Gasteiger partial charge in [0.15, 0.2) is 11.5 Å². The number of hydrogen-bond donors (Lipinski definition) is 0. The van der Waals surface area contributed by atoms with Crippen molar-refractivity contribution in [2.24, 2.45) is 0 Å². The highest BCUT2D eigenvalue weighted by molar-refractivity contribution is 7.09. The highest BCUT2D eigenvalue weighted by atomic mass is 32.1. The van der Waals surface area contributed by atoms with Crippen LogP contribution in [0.15, 0.2) is 40.2 Å². The van der Waals surface area contributed by atoms with Crippen molar-refractivity contribution in [1.82, 2.24) is 10.1 Å². The van der Waals surface area contributed by atoms with Crippen molar-refractivity contribution < 1.29 is 18.8 Å². The number of aryl methyl sites for hydroxylation is 2. The first kappa shape index (κ1) is 19.9. The Kier molecular flexibility index (Phi) is 6.36. The summed E-state index contributed by atoms with van der Waals surface area (Å²) in [4.78, 5) is 15.8. The lowest BCUT2D eigenvalue weighted by Gasteiger charge is -2.21. The molecule has 2 heterocycles. The summed E-state index contributed by atoms with van der Waals surface area (Å²) in [6, 6.07) is 9.78. The van der Waals surface area contributed by atoms with Gasteiger partial charge in [-0.2, -0.15) is 0 Å². The van der Waals surface area contributed by atoms with Crippen molar-refractivity contribution in [2.45, 2.75) is 33.9 Å². The Morgan fingerprint density at radius 2 is 2.07 bits per heavy atom. The lowest BCUT2D eigenvalue weighted by molar-refractivity contribution is 0.0750. The number of benzene rings is 1. The lowest BCUT2D eigenvalue weighted by atomic mass is 10.1. The van der Waals surface area contributed by atoms with Gasteiger partial charge >= 0.3 is 0 Å². The van der Waals surface area contributed by atoms with E-state index >= 15 is 0 Å². The number of nitrogens with zero attached hydrogens (tertiary/aromatic N) is 2. The zero-order valence-corrected chi connectivity index (χ0v) is 17.3. The van der Waals surface area contributed by atoms with Gasteiger partial charge in [0, 0.05) is 18.0 Å². The highest BCUT2D eigenvalue weighted by Gasteiger charge is 2.23. The van der Waals surface area contributed by atoms with E-state index in [1.165, 1.54) is 0 Å². The van der Waals surface area contributed by atoms with Gasteiger partial charge in [0.25, 0.3) is 5.91 Å². The van der Waals surface area contributed by atoms with Crippen LogP contribution in [0.2, 0.25) is 0 Å². The molecule has 148 valence electrons. The van der Waals surface area contributed by atoms with Crippen LogP contribution in [0.1, 0.15) is 39.2 Å². The maximum atomic E-state index is 12.9. The first-order valence-corrected chi connectivity index (χ1v) is 9.95. The van der Waals surface area contributed by atoms with Gasteiger partial charge in [0.1, 0.15) is 17.9 Å². The Bertz CT molecular complexity index is 915. The zero-order chi connectivity index (χ0) is 20.1. The third-order valence-electron chi connectivity index (χ3n) is 4.47. The molecular weight excluding hydrogens is 376 g/mol. The topological polar surface area (TPSA) is 64.8 Å². The summed E-state index contributed by atoms with van der Waals surface area (Å²) >= 11 is 1.65. The molecule has 0 unspecified atom stereocenters. The fraction of sp³-hybridized carbons (Fsp3) is 0.333. The van der Waals surface area contributed by atoms with Gasteiger partial charge in [0.05, 0.1) is 12.8 Å². The Balaban J connectivity index is 1.74. The number of rotatable bonds is 8. The number of carbonyl (C=O) groups excluding carboxylic acids is 1. The molecule has 0 N–H and O–H groups in total. The predicted octanol–water partition coefficient (Wildman–Crippen LogP) is 4.60. The zero-order valence-electron chi connectivity index (χ0n) is 16.5. The molecule has 0 spiro atoms. The number of aromatic nitrogens is 1. The van der Waals surface area contributed by atoms with E-state index in [0.29, 0.717) is 48.2 Å². The van der Waals surface area contributed by atoms with Crippen LogP contribution < -0.4 is 9.47 Å². The van der Waals surface area contributed by atoms with Crippen molar-refractivity contribution in [1.29, 1.82) is 0 Å². The molecule has 0 aliphatic carbocycles. The molecule has 7 heteroatoms. The summed E-state index contributed by atoms with van der Waals surface area (Å²) in [5.74, 6) is 1.78. The van der Waals surface area contributed by atoms with Gasteiger partial charge in [-0.25, -0.2) is 0 Å². The summed E-state index contributed by atoms with van der Waals surface area (Å²) in [5, 5.41) is 5.91. The van der Waals surface area contributed by atoms with E-state index in [9.17, 15) is 4.79 Å². The van der Waals surface area contributed by atoms with Gasteiger partial charge in [-0.05, 0) is 49.9 Å². The molecule has 0 bridgehead atoms. The smallest absolute Gasteiger partial charge is 0.259 e. The Hall–Kier alpha value is -2.80. The van der Waals surface area contributed by atoms with Crippen molar-refractivity contribution >= 4 is 17.2 Å². The number of amides is 1.